The van der Waals surface area contributed by atoms with Crippen LogP contribution < -0.4 is 10.2 Å². The molecule has 6 nitrogen and oxygen atoms in total. The number of piperidine rings is 1. The van der Waals surface area contributed by atoms with Crippen molar-refractivity contribution in [3.63, 3.8) is 0 Å². The third-order valence-corrected chi connectivity index (χ3v) is 4.94. The van der Waals surface area contributed by atoms with Gasteiger partial charge in [-0.2, -0.15) is 0 Å². The van der Waals surface area contributed by atoms with Crippen LogP contribution in [0.15, 0.2) is 6.07 Å². The molecular formula is C18H29N5O. The first-order chi connectivity index (χ1) is 11.7. The molecule has 0 radical (unpaired) electrons. The molecule has 0 spiro atoms. The maximum Gasteiger partial charge on any atom is 0.234 e. The first-order valence-corrected chi connectivity index (χ1v) is 9.25. The fourth-order valence-corrected chi connectivity index (χ4v) is 3.79. The lowest BCUT2D eigenvalue weighted by molar-refractivity contribution is -0.122. The van der Waals surface area contributed by atoms with Gasteiger partial charge < -0.3 is 10.2 Å². The van der Waals surface area contributed by atoms with Crippen molar-refractivity contribution in [3.8, 4) is 0 Å². The Morgan fingerprint density at radius 2 is 2.04 bits per heavy atom. The lowest BCUT2D eigenvalue weighted by Gasteiger charge is -2.32. The number of rotatable bonds is 5. The van der Waals surface area contributed by atoms with E-state index in [0.29, 0.717) is 19.0 Å². The van der Waals surface area contributed by atoms with Gasteiger partial charge in [-0.25, -0.2) is 9.97 Å². The minimum Gasteiger partial charge on any atom is -0.357 e. The van der Waals surface area contributed by atoms with Gasteiger partial charge in [0.2, 0.25) is 5.91 Å². The summed E-state index contributed by atoms with van der Waals surface area (Å²) in [4.78, 5) is 25.8. The summed E-state index contributed by atoms with van der Waals surface area (Å²) < 4.78 is 0. The molecule has 2 saturated heterocycles. The van der Waals surface area contributed by atoms with Crippen LogP contribution >= 0.6 is 0 Å². The molecule has 0 saturated carbocycles. The Morgan fingerprint density at radius 3 is 2.79 bits per heavy atom. The average Bonchev–Trinajstić information content (AvgIpc) is 3.09. The van der Waals surface area contributed by atoms with Gasteiger partial charge in [-0.15, -0.1) is 0 Å². The van der Waals surface area contributed by atoms with Crippen molar-refractivity contribution < 1.29 is 4.79 Å². The zero-order valence-electron chi connectivity index (χ0n) is 14.9. The van der Waals surface area contributed by atoms with E-state index < -0.39 is 0 Å². The molecule has 1 N–H and O–H groups in total. The summed E-state index contributed by atoms with van der Waals surface area (Å²) in [6, 6.07) is 2.18. The van der Waals surface area contributed by atoms with E-state index in [4.69, 9.17) is 4.98 Å². The number of likely N-dealkylation sites (tertiary alicyclic amines) is 1. The third-order valence-electron chi connectivity index (χ3n) is 4.94. The molecule has 2 aliphatic heterocycles. The second-order valence-corrected chi connectivity index (χ2v) is 6.92. The number of hydrogen-bond donors (Lipinski definition) is 1. The van der Waals surface area contributed by atoms with Gasteiger partial charge in [-0.1, -0.05) is 0 Å². The highest BCUT2D eigenvalue weighted by Crippen LogP contribution is 2.28. The van der Waals surface area contributed by atoms with Crippen LogP contribution in [0.25, 0.3) is 0 Å². The fourth-order valence-electron chi connectivity index (χ4n) is 3.79. The minimum absolute atomic E-state index is 0.120. The van der Waals surface area contributed by atoms with Gasteiger partial charge in [-0.3, -0.25) is 9.69 Å². The number of anilines is 1. The lowest BCUT2D eigenvalue weighted by Crippen LogP contribution is -2.42. The number of aryl methyl sites for hydroxylation is 1. The van der Waals surface area contributed by atoms with Gasteiger partial charge in [0.05, 0.1) is 12.2 Å². The molecule has 1 aromatic heterocycles. The van der Waals surface area contributed by atoms with Crippen LogP contribution in [0.5, 0.6) is 0 Å². The number of carbonyl (C=O) groups is 1. The SMILES string of the molecule is CCNC(=O)CN1CCC[C@@H](c2cc(N3CCCC3)nc(C)n2)C1. The summed E-state index contributed by atoms with van der Waals surface area (Å²) in [5, 5.41) is 2.89. The summed E-state index contributed by atoms with van der Waals surface area (Å²) in [6.45, 7) is 9.24. The normalized spacial score (nSPS) is 21.9. The van der Waals surface area contributed by atoms with E-state index in [1.165, 1.54) is 12.8 Å². The Hall–Kier alpha value is -1.69. The van der Waals surface area contributed by atoms with Gasteiger partial charge in [0, 0.05) is 38.2 Å². The predicted octanol–water partition coefficient (Wildman–Crippen LogP) is 1.70. The van der Waals surface area contributed by atoms with Crippen LogP contribution in [0.4, 0.5) is 5.82 Å². The molecule has 0 aliphatic carbocycles. The minimum atomic E-state index is 0.120. The van der Waals surface area contributed by atoms with E-state index in [1.807, 2.05) is 13.8 Å². The van der Waals surface area contributed by atoms with Gasteiger partial charge in [0.1, 0.15) is 11.6 Å². The van der Waals surface area contributed by atoms with Gasteiger partial charge in [-0.05, 0) is 46.1 Å². The van der Waals surface area contributed by atoms with Gasteiger partial charge in [0.15, 0.2) is 0 Å². The van der Waals surface area contributed by atoms with Crippen LogP contribution in [0.1, 0.15) is 50.0 Å². The Labute approximate surface area is 144 Å². The van der Waals surface area contributed by atoms with E-state index in [1.54, 1.807) is 0 Å². The van der Waals surface area contributed by atoms with Crippen LogP contribution in [0.3, 0.4) is 0 Å². The van der Waals surface area contributed by atoms with E-state index >= 15 is 0 Å². The molecule has 2 aliphatic rings. The number of likely N-dealkylation sites (N-methyl/N-ethyl adjacent to an activating group) is 1. The molecule has 2 fully saturated rings. The molecule has 1 amide bonds. The molecule has 3 rings (SSSR count). The van der Waals surface area contributed by atoms with Crippen molar-refractivity contribution >= 4 is 11.7 Å². The average molecular weight is 331 g/mol. The Kier molecular flexibility index (Phi) is 5.66. The predicted molar refractivity (Wildman–Crippen MR) is 95.3 cm³/mol. The number of nitrogens with one attached hydrogen (secondary N) is 1. The number of carbonyl (C=O) groups excluding carboxylic acids is 1. The summed E-state index contributed by atoms with van der Waals surface area (Å²) >= 11 is 0. The monoisotopic (exact) mass is 331 g/mol. The topological polar surface area (TPSA) is 61.4 Å². The maximum absolute atomic E-state index is 11.9. The summed E-state index contributed by atoms with van der Waals surface area (Å²) in [5.41, 5.74) is 1.14. The largest absolute Gasteiger partial charge is 0.357 e. The van der Waals surface area contributed by atoms with Crippen LogP contribution in [0.2, 0.25) is 0 Å². The van der Waals surface area contributed by atoms with E-state index in [-0.39, 0.29) is 5.91 Å². The van der Waals surface area contributed by atoms with E-state index in [2.05, 4.69) is 26.2 Å². The highest BCUT2D eigenvalue weighted by molar-refractivity contribution is 5.77. The summed E-state index contributed by atoms with van der Waals surface area (Å²) in [6.07, 6.45) is 4.76. The zero-order valence-corrected chi connectivity index (χ0v) is 14.9. The molecule has 132 valence electrons. The van der Waals surface area contributed by atoms with Crippen LogP contribution in [0, 0.1) is 6.92 Å². The highest BCUT2D eigenvalue weighted by atomic mass is 16.2. The zero-order chi connectivity index (χ0) is 16.9. The Bertz CT molecular complexity index is 571. The number of aromatic nitrogens is 2. The molecule has 6 heteroatoms. The standard InChI is InChI=1S/C18H29N5O/c1-3-19-18(24)13-22-8-6-7-15(12-22)16-11-17(21-14(2)20-16)23-9-4-5-10-23/h11,15H,3-10,12-13H2,1-2H3,(H,19,24)/t15-/m1/s1. The van der Waals surface area contributed by atoms with Crippen LogP contribution in [-0.4, -0.2) is 60.0 Å². The Balaban J connectivity index is 1.69. The molecular weight excluding hydrogens is 302 g/mol. The van der Waals surface area contributed by atoms with Crippen molar-refractivity contribution in [2.45, 2.75) is 45.4 Å². The first kappa shape index (κ1) is 17.1. The molecule has 3 heterocycles. The third kappa shape index (κ3) is 4.23. The second kappa shape index (κ2) is 7.92. The molecule has 1 aromatic rings. The highest BCUT2D eigenvalue weighted by Gasteiger charge is 2.25. The number of nitrogens with zero attached hydrogens (tertiary/aromatic N) is 4. The molecule has 24 heavy (non-hydrogen) atoms. The molecule has 0 bridgehead atoms. The molecule has 0 aromatic carbocycles. The van der Waals surface area contributed by atoms with E-state index in [9.17, 15) is 4.79 Å². The number of amides is 1. The second-order valence-electron chi connectivity index (χ2n) is 6.92. The summed E-state index contributed by atoms with van der Waals surface area (Å²) in [5.74, 6) is 2.46. The number of hydrogen-bond acceptors (Lipinski definition) is 5. The molecule has 1 atom stereocenters. The van der Waals surface area contributed by atoms with Crippen molar-refractivity contribution in [2.24, 2.45) is 0 Å². The van der Waals surface area contributed by atoms with Crippen molar-refractivity contribution in [1.82, 2.24) is 20.2 Å². The smallest absolute Gasteiger partial charge is 0.234 e. The first-order valence-electron chi connectivity index (χ1n) is 9.25. The molecule has 0 unspecified atom stereocenters. The van der Waals surface area contributed by atoms with Gasteiger partial charge in [0.25, 0.3) is 0 Å². The van der Waals surface area contributed by atoms with Crippen LogP contribution in [-0.2, 0) is 4.79 Å². The van der Waals surface area contributed by atoms with Gasteiger partial charge >= 0.3 is 0 Å². The fraction of sp³-hybridized carbons (Fsp3) is 0.722. The lowest BCUT2D eigenvalue weighted by atomic mass is 9.94. The van der Waals surface area contributed by atoms with Crippen molar-refractivity contribution in [2.75, 3.05) is 44.2 Å². The van der Waals surface area contributed by atoms with Crippen molar-refractivity contribution in [3.05, 3.63) is 17.6 Å². The quantitative estimate of drug-likeness (QED) is 0.890. The van der Waals surface area contributed by atoms with E-state index in [0.717, 1.165) is 56.4 Å². The van der Waals surface area contributed by atoms with Crippen molar-refractivity contribution in [1.29, 1.82) is 0 Å². The summed E-state index contributed by atoms with van der Waals surface area (Å²) in [7, 11) is 0. The maximum atomic E-state index is 11.9. The Morgan fingerprint density at radius 1 is 1.25 bits per heavy atom.